The van der Waals surface area contributed by atoms with Gasteiger partial charge in [-0.1, -0.05) is 30.8 Å². The Hall–Kier alpha value is -1.37. The van der Waals surface area contributed by atoms with Gasteiger partial charge in [-0.05, 0) is 16.5 Å². The van der Waals surface area contributed by atoms with Crippen LogP contribution in [0.2, 0.25) is 0 Å². The Morgan fingerprint density at radius 3 is 2.73 bits per heavy atom. The van der Waals surface area contributed by atoms with Gasteiger partial charge in [-0.25, -0.2) is 0 Å². The maximum absolute atomic E-state index is 3.88. The standard InChI is InChI=1S/C10H11N/c1-9-5-3-4-6-10(9)7-8-11-2/h3-8H,1H2,2H3/b10-7-,11-8-. The molecule has 0 N–H and O–H groups in total. The maximum atomic E-state index is 3.88. The van der Waals surface area contributed by atoms with Crippen molar-refractivity contribution in [2.45, 2.75) is 0 Å². The quantitative estimate of drug-likeness (QED) is 0.512. The minimum Gasteiger partial charge on any atom is -0.296 e. The van der Waals surface area contributed by atoms with Crippen molar-refractivity contribution in [3.05, 3.63) is 34.7 Å². The molecule has 0 amide bonds. The van der Waals surface area contributed by atoms with E-state index >= 15 is 0 Å². The van der Waals surface area contributed by atoms with E-state index < -0.39 is 0 Å². The summed E-state index contributed by atoms with van der Waals surface area (Å²) in [5.41, 5.74) is 0. The fraction of sp³-hybridized carbons (Fsp3) is 0.100. The Balaban J connectivity index is 3.24. The normalized spacial score (nSPS) is 12.6. The summed E-state index contributed by atoms with van der Waals surface area (Å²) in [6, 6.07) is 7.96. The van der Waals surface area contributed by atoms with Crippen molar-refractivity contribution in [3.63, 3.8) is 0 Å². The van der Waals surface area contributed by atoms with Gasteiger partial charge < -0.3 is 0 Å². The summed E-state index contributed by atoms with van der Waals surface area (Å²) in [5, 5.41) is 2.16. The first kappa shape index (κ1) is 7.73. The molecule has 1 aromatic rings. The third kappa shape index (κ3) is 2.04. The highest BCUT2D eigenvalue weighted by Crippen LogP contribution is 1.69. The summed E-state index contributed by atoms with van der Waals surface area (Å²) < 4.78 is 0. The minimum absolute atomic E-state index is 1.03. The van der Waals surface area contributed by atoms with E-state index in [0.717, 1.165) is 10.4 Å². The number of hydrogen-bond donors (Lipinski definition) is 0. The molecule has 0 radical (unpaired) electrons. The minimum atomic E-state index is 1.03. The number of aliphatic imine (C=N–C) groups is 1. The maximum Gasteiger partial charge on any atom is 0.0277 e. The Labute approximate surface area is 66.4 Å². The molecule has 0 fully saturated rings. The molecule has 0 unspecified atom stereocenters. The molecule has 0 aromatic heterocycles. The fourth-order valence-corrected chi connectivity index (χ4v) is 0.852. The first-order valence-electron chi connectivity index (χ1n) is 3.51. The zero-order valence-corrected chi connectivity index (χ0v) is 6.62. The van der Waals surface area contributed by atoms with E-state index in [0.29, 0.717) is 0 Å². The lowest BCUT2D eigenvalue weighted by molar-refractivity contribution is 1.48. The van der Waals surface area contributed by atoms with E-state index in [1.807, 2.05) is 30.3 Å². The molecule has 0 atom stereocenters. The van der Waals surface area contributed by atoms with Crippen molar-refractivity contribution < 1.29 is 0 Å². The van der Waals surface area contributed by atoms with Gasteiger partial charge in [-0.15, -0.1) is 0 Å². The zero-order chi connectivity index (χ0) is 8.10. The average molecular weight is 145 g/mol. The van der Waals surface area contributed by atoms with E-state index in [-0.39, 0.29) is 0 Å². The molecule has 0 aliphatic carbocycles. The van der Waals surface area contributed by atoms with Crippen LogP contribution in [0.4, 0.5) is 0 Å². The van der Waals surface area contributed by atoms with Crippen LogP contribution >= 0.6 is 0 Å². The van der Waals surface area contributed by atoms with E-state index in [2.05, 4.69) is 11.6 Å². The van der Waals surface area contributed by atoms with E-state index in [1.165, 1.54) is 0 Å². The highest BCUT2D eigenvalue weighted by atomic mass is 14.6. The fourth-order valence-electron chi connectivity index (χ4n) is 0.852. The van der Waals surface area contributed by atoms with Crippen LogP contribution in [0.15, 0.2) is 29.3 Å². The second-order valence-electron chi connectivity index (χ2n) is 2.27. The van der Waals surface area contributed by atoms with Gasteiger partial charge in [0.05, 0.1) is 0 Å². The Morgan fingerprint density at radius 2 is 2.09 bits per heavy atom. The second kappa shape index (κ2) is 3.71. The van der Waals surface area contributed by atoms with Crippen molar-refractivity contribution in [3.8, 4) is 0 Å². The van der Waals surface area contributed by atoms with Crippen LogP contribution in [0.25, 0.3) is 12.7 Å². The van der Waals surface area contributed by atoms with Gasteiger partial charge in [0.15, 0.2) is 0 Å². The van der Waals surface area contributed by atoms with Crippen molar-refractivity contribution in [2.24, 2.45) is 4.99 Å². The van der Waals surface area contributed by atoms with Crippen LogP contribution in [0.1, 0.15) is 0 Å². The molecule has 1 heteroatoms. The van der Waals surface area contributed by atoms with Crippen LogP contribution < -0.4 is 10.4 Å². The molecule has 1 aromatic carbocycles. The van der Waals surface area contributed by atoms with Gasteiger partial charge in [-0.3, -0.25) is 4.99 Å². The van der Waals surface area contributed by atoms with Crippen LogP contribution in [-0.2, 0) is 0 Å². The summed E-state index contributed by atoms with van der Waals surface area (Å²) in [6.45, 7) is 3.88. The van der Waals surface area contributed by atoms with Gasteiger partial charge >= 0.3 is 0 Å². The van der Waals surface area contributed by atoms with Gasteiger partial charge in [0.2, 0.25) is 0 Å². The first-order valence-corrected chi connectivity index (χ1v) is 3.51. The molecular formula is C10H11N. The summed E-state index contributed by atoms with van der Waals surface area (Å²) >= 11 is 0. The molecule has 0 saturated carbocycles. The van der Waals surface area contributed by atoms with Crippen molar-refractivity contribution >= 4 is 18.9 Å². The van der Waals surface area contributed by atoms with Crippen molar-refractivity contribution in [1.82, 2.24) is 0 Å². The van der Waals surface area contributed by atoms with E-state index in [1.54, 1.807) is 13.3 Å². The SMILES string of the molecule is C=c1cccc/c1=C/C=N\C. The Morgan fingerprint density at radius 1 is 1.36 bits per heavy atom. The molecule has 11 heavy (non-hydrogen) atoms. The van der Waals surface area contributed by atoms with Crippen LogP contribution in [0.5, 0.6) is 0 Å². The molecule has 1 rings (SSSR count). The van der Waals surface area contributed by atoms with Gasteiger partial charge in [-0.2, -0.15) is 0 Å². The second-order valence-corrected chi connectivity index (χ2v) is 2.27. The van der Waals surface area contributed by atoms with Gasteiger partial charge in [0, 0.05) is 13.3 Å². The van der Waals surface area contributed by atoms with Gasteiger partial charge in [0.1, 0.15) is 0 Å². The largest absolute Gasteiger partial charge is 0.296 e. The van der Waals surface area contributed by atoms with E-state index in [9.17, 15) is 0 Å². The monoisotopic (exact) mass is 145 g/mol. The molecule has 56 valence electrons. The number of benzene rings is 1. The highest BCUT2D eigenvalue weighted by molar-refractivity contribution is 5.90. The van der Waals surface area contributed by atoms with E-state index in [4.69, 9.17) is 0 Å². The summed E-state index contributed by atoms with van der Waals surface area (Å²) in [6.07, 6.45) is 3.71. The summed E-state index contributed by atoms with van der Waals surface area (Å²) in [4.78, 5) is 3.86. The molecule has 1 nitrogen and oxygen atoms in total. The van der Waals surface area contributed by atoms with Crippen LogP contribution in [-0.4, -0.2) is 13.3 Å². The Kier molecular flexibility index (Phi) is 2.61. The topological polar surface area (TPSA) is 12.4 Å². The third-order valence-electron chi connectivity index (χ3n) is 1.46. The molecular weight excluding hydrogens is 134 g/mol. The molecule has 0 bridgehead atoms. The number of nitrogens with zero attached hydrogens (tertiary/aromatic N) is 1. The molecule has 0 spiro atoms. The Bertz CT molecular complexity index is 349. The summed E-state index contributed by atoms with van der Waals surface area (Å²) in [7, 11) is 1.75. The third-order valence-corrected chi connectivity index (χ3v) is 1.46. The summed E-state index contributed by atoms with van der Waals surface area (Å²) in [5.74, 6) is 0. The van der Waals surface area contributed by atoms with Crippen molar-refractivity contribution in [2.75, 3.05) is 7.05 Å². The zero-order valence-electron chi connectivity index (χ0n) is 6.62. The lowest BCUT2D eigenvalue weighted by Crippen LogP contribution is -2.21. The average Bonchev–Trinajstić information content (AvgIpc) is 2.03. The highest BCUT2D eigenvalue weighted by Gasteiger charge is 1.76. The predicted octanol–water partition coefficient (Wildman–Crippen LogP) is 0.578. The number of rotatable bonds is 1. The van der Waals surface area contributed by atoms with Crippen molar-refractivity contribution in [1.29, 1.82) is 0 Å². The molecule has 0 aliphatic heterocycles. The van der Waals surface area contributed by atoms with Crippen LogP contribution in [0, 0.1) is 0 Å². The predicted molar refractivity (Wildman–Crippen MR) is 50.1 cm³/mol. The van der Waals surface area contributed by atoms with Crippen LogP contribution in [0.3, 0.4) is 0 Å². The van der Waals surface area contributed by atoms with Gasteiger partial charge in [0.25, 0.3) is 0 Å². The lowest BCUT2D eigenvalue weighted by atomic mass is 10.2. The first-order chi connectivity index (χ1) is 5.34. The lowest BCUT2D eigenvalue weighted by Gasteiger charge is -1.83. The molecule has 0 aliphatic rings. The molecule has 0 heterocycles. The smallest absolute Gasteiger partial charge is 0.0277 e. The number of hydrogen-bond acceptors (Lipinski definition) is 1. The molecule has 0 saturated heterocycles.